The van der Waals surface area contributed by atoms with E-state index in [1.807, 2.05) is 42.6 Å². The van der Waals surface area contributed by atoms with Crippen molar-refractivity contribution in [2.45, 2.75) is 13.1 Å². The van der Waals surface area contributed by atoms with Crippen molar-refractivity contribution in [2.24, 2.45) is 14.1 Å². The van der Waals surface area contributed by atoms with Crippen LogP contribution in [0, 0.1) is 0 Å². The summed E-state index contributed by atoms with van der Waals surface area (Å²) in [5.74, 6) is 2.38. The number of pyridine rings is 2. The molecule has 0 fully saturated rings. The number of nitrogens with one attached hydrogen (secondary N) is 3. The summed E-state index contributed by atoms with van der Waals surface area (Å²) in [6.45, 7) is 1.25. The van der Waals surface area contributed by atoms with E-state index < -0.39 is 30.1 Å². The highest BCUT2D eigenvalue weighted by Gasteiger charge is 2.22. The summed E-state index contributed by atoms with van der Waals surface area (Å²) >= 11 is 2.86. The zero-order valence-electron chi connectivity index (χ0n) is 36.8. The molecule has 0 saturated heterocycles. The van der Waals surface area contributed by atoms with Crippen LogP contribution in [0.25, 0.3) is 42.4 Å². The molecule has 348 valence electrons. The quantitative estimate of drug-likeness (QED) is 0.0991. The Hall–Kier alpha value is -4.85. The van der Waals surface area contributed by atoms with Gasteiger partial charge in [0, 0.05) is 96.0 Å². The van der Waals surface area contributed by atoms with Gasteiger partial charge in [0.2, 0.25) is 30.1 Å². The van der Waals surface area contributed by atoms with Crippen molar-refractivity contribution >= 4 is 72.9 Å². The number of sulfonamides is 3. The lowest BCUT2D eigenvalue weighted by atomic mass is 10.1. The van der Waals surface area contributed by atoms with Gasteiger partial charge < -0.3 is 33.4 Å². The third-order valence-corrected chi connectivity index (χ3v) is 14.7. The Morgan fingerprint density at radius 1 is 0.594 bits per heavy atom. The summed E-state index contributed by atoms with van der Waals surface area (Å²) in [5.41, 5.74) is 3.19. The SMILES string of the molecule is COc1ccc(-c2cn(C)c(=O)c3cc(CN(CCNS(C)(=O)=O)S(C)(=O)=O)sc23)cc1OC.COc1ccc(-c2cn(C)c(=O)c3cc(CNCCNS(C)(=O)=O)sc23)cc1OC. The highest BCUT2D eigenvalue weighted by atomic mass is 32.2. The highest BCUT2D eigenvalue weighted by Crippen LogP contribution is 2.39. The maximum absolute atomic E-state index is 12.8. The minimum absolute atomic E-state index is 0.0121. The molecule has 0 saturated carbocycles. The Morgan fingerprint density at radius 3 is 1.47 bits per heavy atom. The number of aromatic nitrogens is 2. The molecule has 2 aromatic carbocycles. The molecule has 6 rings (SSSR count). The van der Waals surface area contributed by atoms with E-state index in [2.05, 4.69) is 14.8 Å². The zero-order valence-corrected chi connectivity index (χ0v) is 40.9. The molecule has 0 atom stereocenters. The molecule has 0 radical (unpaired) electrons. The first-order valence-electron chi connectivity index (χ1n) is 19.3. The number of thiophene rings is 2. The van der Waals surface area contributed by atoms with Gasteiger partial charge in [-0.1, -0.05) is 12.1 Å². The number of aryl methyl sites for hydroxylation is 2. The predicted molar refractivity (Wildman–Crippen MR) is 254 cm³/mol. The van der Waals surface area contributed by atoms with Crippen LogP contribution in [0.4, 0.5) is 0 Å². The maximum atomic E-state index is 12.8. The van der Waals surface area contributed by atoms with Gasteiger partial charge in [0.15, 0.2) is 23.0 Å². The molecular weight excluding hydrogens is 929 g/mol. The van der Waals surface area contributed by atoms with E-state index in [1.54, 1.807) is 76.8 Å². The second-order valence-electron chi connectivity index (χ2n) is 14.6. The molecular formula is C41H52N6O12S5. The van der Waals surface area contributed by atoms with E-state index in [9.17, 15) is 34.8 Å². The van der Waals surface area contributed by atoms with Gasteiger partial charge in [-0.15, -0.1) is 22.7 Å². The molecule has 18 nitrogen and oxygen atoms in total. The minimum atomic E-state index is -3.62. The molecule has 4 heterocycles. The lowest BCUT2D eigenvalue weighted by molar-refractivity contribution is 0.355. The maximum Gasteiger partial charge on any atom is 0.259 e. The summed E-state index contributed by atoms with van der Waals surface area (Å²) in [6, 6.07) is 14.7. The van der Waals surface area contributed by atoms with Crippen molar-refractivity contribution in [3.05, 3.63) is 91.4 Å². The molecule has 4 aromatic heterocycles. The fraction of sp³-hybridized carbons (Fsp3) is 0.366. The third-order valence-electron chi connectivity index (χ3n) is 9.68. The Morgan fingerprint density at radius 2 is 1.03 bits per heavy atom. The van der Waals surface area contributed by atoms with Crippen LogP contribution in [0.15, 0.2) is 70.5 Å². The molecule has 0 bridgehead atoms. The summed E-state index contributed by atoms with van der Waals surface area (Å²) in [6.07, 6.45) is 6.76. The molecule has 64 heavy (non-hydrogen) atoms. The molecule has 0 spiro atoms. The van der Waals surface area contributed by atoms with Crippen molar-refractivity contribution in [3.63, 3.8) is 0 Å². The Labute approximate surface area is 380 Å². The Balaban J connectivity index is 0.000000243. The van der Waals surface area contributed by atoms with Gasteiger partial charge >= 0.3 is 0 Å². The lowest BCUT2D eigenvalue weighted by Crippen LogP contribution is -2.37. The van der Waals surface area contributed by atoms with Gasteiger partial charge in [-0.05, 0) is 47.5 Å². The Kier molecular flexibility index (Phi) is 16.4. The molecule has 0 aliphatic rings. The van der Waals surface area contributed by atoms with E-state index in [1.165, 1.54) is 20.2 Å². The second kappa shape index (κ2) is 21.0. The van der Waals surface area contributed by atoms with Crippen molar-refractivity contribution in [1.82, 2.24) is 28.2 Å². The van der Waals surface area contributed by atoms with E-state index in [-0.39, 0.29) is 30.8 Å². The molecule has 3 N–H and O–H groups in total. The minimum Gasteiger partial charge on any atom is -0.493 e. The summed E-state index contributed by atoms with van der Waals surface area (Å²) < 4.78 is 102. The first-order valence-corrected chi connectivity index (χ1v) is 26.6. The average molecular weight is 981 g/mol. The predicted octanol–water partition coefficient (Wildman–Crippen LogP) is 3.52. The van der Waals surface area contributed by atoms with Gasteiger partial charge in [-0.25, -0.2) is 34.7 Å². The molecule has 23 heteroatoms. The van der Waals surface area contributed by atoms with Gasteiger partial charge in [0.05, 0.1) is 58.0 Å². The van der Waals surface area contributed by atoms with Crippen LogP contribution in [0.3, 0.4) is 0 Å². The number of nitrogens with zero attached hydrogens (tertiary/aromatic N) is 3. The molecule has 0 amide bonds. The van der Waals surface area contributed by atoms with Crippen LogP contribution in [0.1, 0.15) is 9.75 Å². The normalized spacial score (nSPS) is 12.1. The van der Waals surface area contributed by atoms with E-state index in [4.69, 9.17) is 18.9 Å². The standard InChI is InChI=1S/C21H27N3O7S3.C20H25N3O5S2/c1-23-13-17(14-6-7-18(30-2)19(10-14)31-3)20-16(21(23)25)11-15(32-20)12-24(34(5,28)29)9-8-22-33(4,26)27;1-23-12-16(13-5-6-17(27-2)18(9-13)28-3)19-15(20(23)24)10-14(29-19)11-21-7-8-22-30(4,25)26/h6-7,10-11,13,22H,8-9,12H2,1-5H3;5-6,9-10,12,21-22H,7-8,11H2,1-4H3. The van der Waals surface area contributed by atoms with Crippen molar-refractivity contribution in [1.29, 1.82) is 0 Å². The molecule has 0 unspecified atom stereocenters. The van der Waals surface area contributed by atoms with Crippen LogP contribution in [0.2, 0.25) is 0 Å². The van der Waals surface area contributed by atoms with Gasteiger partial charge in [0.1, 0.15) is 0 Å². The lowest BCUT2D eigenvalue weighted by Gasteiger charge is -2.19. The molecule has 0 aliphatic heterocycles. The fourth-order valence-electron chi connectivity index (χ4n) is 6.62. The van der Waals surface area contributed by atoms with E-state index in [0.717, 1.165) is 50.6 Å². The molecule has 6 aromatic rings. The summed E-state index contributed by atoms with van der Waals surface area (Å²) in [7, 11) is -0.613. The third kappa shape index (κ3) is 12.7. The fourth-order valence-corrected chi connectivity index (χ4v) is 10.8. The second-order valence-corrected chi connectivity index (χ2v) is 22.5. The smallest absolute Gasteiger partial charge is 0.259 e. The van der Waals surface area contributed by atoms with Gasteiger partial charge in [-0.2, -0.15) is 4.31 Å². The van der Waals surface area contributed by atoms with Crippen molar-refractivity contribution in [3.8, 4) is 45.3 Å². The first-order chi connectivity index (χ1) is 30.1. The number of ether oxygens (including phenoxy) is 4. The zero-order chi connectivity index (χ0) is 47.1. The number of hydrogen-bond donors (Lipinski definition) is 3. The monoisotopic (exact) mass is 980 g/mol. The largest absolute Gasteiger partial charge is 0.493 e. The van der Waals surface area contributed by atoms with Crippen LogP contribution in [-0.4, -0.2) is 112 Å². The van der Waals surface area contributed by atoms with Crippen LogP contribution in [-0.2, 0) is 57.3 Å². The summed E-state index contributed by atoms with van der Waals surface area (Å²) in [4.78, 5) is 27.1. The van der Waals surface area contributed by atoms with E-state index in [0.29, 0.717) is 63.0 Å². The number of hydrogen-bond acceptors (Lipinski definition) is 15. The molecule has 0 aliphatic carbocycles. The topological polar surface area (TPSA) is 223 Å². The highest BCUT2D eigenvalue weighted by molar-refractivity contribution is 7.89. The number of fused-ring (bicyclic) bond motifs is 2. The van der Waals surface area contributed by atoms with Gasteiger partial charge in [0.25, 0.3) is 11.1 Å². The van der Waals surface area contributed by atoms with Crippen molar-refractivity contribution in [2.75, 3.05) is 73.4 Å². The van der Waals surface area contributed by atoms with Crippen LogP contribution >= 0.6 is 22.7 Å². The Bertz CT molecular complexity index is 3110. The van der Waals surface area contributed by atoms with Crippen molar-refractivity contribution < 1.29 is 44.2 Å². The van der Waals surface area contributed by atoms with Crippen LogP contribution in [0.5, 0.6) is 23.0 Å². The van der Waals surface area contributed by atoms with Crippen LogP contribution < -0.4 is 44.8 Å². The number of benzene rings is 2. The number of methoxy groups -OCH3 is 4. The average Bonchev–Trinajstić information content (AvgIpc) is 3.87. The van der Waals surface area contributed by atoms with Gasteiger partial charge in [-0.3, -0.25) is 9.59 Å². The number of rotatable bonds is 19. The first kappa shape index (κ1) is 50.2. The van der Waals surface area contributed by atoms with E-state index >= 15 is 0 Å². The summed E-state index contributed by atoms with van der Waals surface area (Å²) in [5, 5.41) is 4.32.